The van der Waals surface area contributed by atoms with Gasteiger partial charge in [0.2, 0.25) is 0 Å². The minimum atomic E-state index is 0.158. The maximum absolute atomic E-state index is 12.3. The van der Waals surface area contributed by atoms with Crippen LogP contribution in [-0.4, -0.2) is 18.9 Å². The third-order valence-electron chi connectivity index (χ3n) is 3.33. The predicted molar refractivity (Wildman–Crippen MR) is 78.5 cm³/mol. The topological polar surface area (TPSA) is 20.3 Å². The number of para-hydroxylation sites is 1. The van der Waals surface area contributed by atoms with Crippen LogP contribution >= 0.6 is 0 Å². The van der Waals surface area contributed by atoms with E-state index in [4.69, 9.17) is 0 Å². The quantitative estimate of drug-likeness (QED) is 0.777. The highest BCUT2D eigenvalue weighted by Crippen LogP contribution is 2.25. The van der Waals surface area contributed by atoms with E-state index in [1.54, 1.807) is 0 Å². The number of rotatable bonds is 3. The van der Waals surface area contributed by atoms with Crippen LogP contribution < -0.4 is 4.90 Å². The Balaban J connectivity index is 1.82. The van der Waals surface area contributed by atoms with Crippen LogP contribution in [0.2, 0.25) is 0 Å². The van der Waals surface area contributed by atoms with Crippen LogP contribution in [0.15, 0.2) is 60.7 Å². The summed E-state index contributed by atoms with van der Waals surface area (Å²) in [7, 11) is 0. The standard InChI is InChI=1S/C17H15NO/c19-17(15-8-2-1-3-9-15)13-18-12-6-10-14-7-4-5-11-16(14)18/h1-11H,12-13H2. The van der Waals surface area contributed by atoms with Gasteiger partial charge in [-0.15, -0.1) is 0 Å². The number of carbonyl (C=O) groups excluding carboxylic acids is 1. The zero-order valence-electron chi connectivity index (χ0n) is 10.6. The van der Waals surface area contributed by atoms with Crippen LogP contribution in [-0.2, 0) is 0 Å². The Labute approximate surface area is 113 Å². The van der Waals surface area contributed by atoms with Crippen molar-refractivity contribution in [3.8, 4) is 0 Å². The molecule has 94 valence electrons. The summed E-state index contributed by atoms with van der Waals surface area (Å²) in [5.41, 5.74) is 3.08. The molecule has 0 fully saturated rings. The average Bonchev–Trinajstić information content (AvgIpc) is 2.48. The molecule has 0 aromatic heterocycles. The van der Waals surface area contributed by atoms with Gasteiger partial charge in [-0.1, -0.05) is 60.7 Å². The van der Waals surface area contributed by atoms with Crippen molar-refractivity contribution in [2.24, 2.45) is 0 Å². The Bertz CT molecular complexity index is 616. The fraction of sp³-hybridized carbons (Fsp3) is 0.118. The summed E-state index contributed by atoms with van der Waals surface area (Å²) in [6.45, 7) is 1.21. The molecule has 2 nitrogen and oxygen atoms in total. The maximum Gasteiger partial charge on any atom is 0.182 e. The van der Waals surface area contributed by atoms with Gasteiger partial charge in [0, 0.05) is 17.8 Å². The second-order valence-corrected chi connectivity index (χ2v) is 4.63. The van der Waals surface area contributed by atoms with Crippen molar-refractivity contribution >= 4 is 17.5 Å². The molecule has 0 spiro atoms. The normalized spacial score (nSPS) is 13.2. The summed E-state index contributed by atoms with van der Waals surface area (Å²) < 4.78 is 0. The molecule has 0 aliphatic carbocycles. The number of ketones is 1. The lowest BCUT2D eigenvalue weighted by atomic mass is 10.1. The van der Waals surface area contributed by atoms with Gasteiger partial charge < -0.3 is 4.90 Å². The molecule has 1 aliphatic heterocycles. The van der Waals surface area contributed by atoms with E-state index in [-0.39, 0.29) is 5.78 Å². The molecule has 0 amide bonds. The largest absolute Gasteiger partial charge is 0.360 e. The van der Waals surface area contributed by atoms with Gasteiger partial charge in [0.1, 0.15) is 0 Å². The Morgan fingerprint density at radius 2 is 1.74 bits per heavy atom. The van der Waals surface area contributed by atoms with E-state index in [0.29, 0.717) is 6.54 Å². The third-order valence-corrected chi connectivity index (χ3v) is 3.33. The van der Waals surface area contributed by atoms with Crippen LogP contribution in [0.1, 0.15) is 15.9 Å². The summed E-state index contributed by atoms with van der Waals surface area (Å²) >= 11 is 0. The molecule has 3 rings (SSSR count). The fourth-order valence-corrected chi connectivity index (χ4v) is 2.36. The van der Waals surface area contributed by atoms with Gasteiger partial charge in [0.05, 0.1) is 6.54 Å². The summed E-state index contributed by atoms with van der Waals surface area (Å²) in [5.74, 6) is 0.158. The van der Waals surface area contributed by atoms with Crippen molar-refractivity contribution < 1.29 is 4.79 Å². The first-order valence-electron chi connectivity index (χ1n) is 6.43. The van der Waals surface area contributed by atoms with Crippen molar-refractivity contribution in [3.05, 3.63) is 71.8 Å². The first-order valence-corrected chi connectivity index (χ1v) is 6.43. The van der Waals surface area contributed by atoms with Crippen LogP contribution in [0.25, 0.3) is 6.08 Å². The first kappa shape index (κ1) is 11.7. The smallest absolute Gasteiger partial charge is 0.182 e. The van der Waals surface area contributed by atoms with Crippen molar-refractivity contribution in [3.63, 3.8) is 0 Å². The molecule has 0 saturated carbocycles. The highest BCUT2D eigenvalue weighted by Gasteiger charge is 2.16. The van der Waals surface area contributed by atoms with Gasteiger partial charge in [-0.25, -0.2) is 0 Å². The van der Waals surface area contributed by atoms with Crippen LogP contribution in [0, 0.1) is 0 Å². The van der Waals surface area contributed by atoms with Crippen molar-refractivity contribution in [2.45, 2.75) is 0 Å². The molecule has 1 aliphatic rings. The van der Waals surface area contributed by atoms with E-state index in [1.165, 1.54) is 5.56 Å². The molecule has 0 unspecified atom stereocenters. The summed E-state index contributed by atoms with van der Waals surface area (Å²) in [6, 6.07) is 17.6. The lowest BCUT2D eigenvalue weighted by molar-refractivity contribution is 0.0999. The number of carbonyl (C=O) groups is 1. The number of benzene rings is 2. The lowest BCUT2D eigenvalue weighted by Gasteiger charge is -2.27. The Morgan fingerprint density at radius 3 is 2.58 bits per heavy atom. The van der Waals surface area contributed by atoms with E-state index in [2.05, 4.69) is 29.2 Å². The zero-order valence-corrected chi connectivity index (χ0v) is 10.6. The van der Waals surface area contributed by atoms with Gasteiger partial charge in [-0.2, -0.15) is 0 Å². The minimum absolute atomic E-state index is 0.158. The average molecular weight is 249 g/mol. The molecule has 19 heavy (non-hydrogen) atoms. The molecule has 2 aromatic carbocycles. The van der Waals surface area contributed by atoms with E-state index in [9.17, 15) is 4.79 Å². The van der Waals surface area contributed by atoms with Crippen molar-refractivity contribution in [1.82, 2.24) is 0 Å². The number of nitrogens with zero attached hydrogens (tertiary/aromatic N) is 1. The number of Topliss-reactive ketones (excluding diaryl/α,β-unsaturated/α-hetero) is 1. The summed E-state index contributed by atoms with van der Waals surface area (Å²) in [5, 5.41) is 0. The Kier molecular flexibility index (Phi) is 3.15. The van der Waals surface area contributed by atoms with Crippen molar-refractivity contribution in [2.75, 3.05) is 18.0 Å². The molecule has 1 heterocycles. The third kappa shape index (κ3) is 2.43. The van der Waals surface area contributed by atoms with E-state index in [1.807, 2.05) is 42.5 Å². The monoisotopic (exact) mass is 249 g/mol. The van der Waals surface area contributed by atoms with Crippen molar-refractivity contribution in [1.29, 1.82) is 0 Å². The number of fused-ring (bicyclic) bond motifs is 1. The fourth-order valence-electron chi connectivity index (χ4n) is 2.36. The molecule has 0 N–H and O–H groups in total. The number of anilines is 1. The summed E-state index contributed by atoms with van der Waals surface area (Å²) in [4.78, 5) is 14.4. The molecule has 0 saturated heterocycles. The zero-order chi connectivity index (χ0) is 13.1. The van der Waals surface area contributed by atoms with Crippen LogP contribution in [0.5, 0.6) is 0 Å². The Hall–Kier alpha value is -2.35. The van der Waals surface area contributed by atoms with Crippen LogP contribution in [0.3, 0.4) is 0 Å². The maximum atomic E-state index is 12.3. The molecular weight excluding hydrogens is 234 g/mol. The number of hydrogen-bond donors (Lipinski definition) is 0. The lowest BCUT2D eigenvalue weighted by Crippen LogP contribution is -2.31. The van der Waals surface area contributed by atoms with E-state index in [0.717, 1.165) is 17.8 Å². The second-order valence-electron chi connectivity index (χ2n) is 4.63. The minimum Gasteiger partial charge on any atom is -0.360 e. The molecule has 0 bridgehead atoms. The van der Waals surface area contributed by atoms with Gasteiger partial charge in [-0.3, -0.25) is 4.79 Å². The second kappa shape index (κ2) is 5.11. The molecule has 2 heteroatoms. The van der Waals surface area contributed by atoms with Gasteiger partial charge in [-0.05, 0) is 11.6 Å². The molecule has 0 radical (unpaired) electrons. The predicted octanol–water partition coefficient (Wildman–Crippen LogP) is 3.40. The van der Waals surface area contributed by atoms with Gasteiger partial charge >= 0.3 is 0 Å². The van der Waals surface area contributed by atoms with E-state index < -0.39 is 0 Å². The van der Waals surface area contributed by atoms with E-state index >= 15 is 0 Å². The highest BCUT2D eigenvalue weighted by atomic mass is 16.1. The Morgan fingerprint density at radius 1 is 1.00 bits per heavy atom. The highest BCUT2D eigenvalue weighted by molar-refractivity contribution is 5.99. The molecule has 2 aromatic rings. The SMILES string of the molecule is O=C(CN1CC=Cc2ccccc21)c1ccccc1. The van der Waals surface area contributed by atoms with Gasteiger partial charge in [0.15, 0.2) is 5.78 Å². The van der Waals surface area contributed by atoms with Gasteiger partial charge in [0.25, 0.3) is 0 Å². The first-order chi connectivity index (χ1) is 9.34. The van der Waals surface area contributed by atoms with Crippen LogP contribution in [0.4, 0.5) is 5.69 Å². The molecular formula is C17H15NO. The number of hydrogen-bond acceptors (Lipinski definition) is 2. The summed E-state index contributed by atoms with van der Waals surface area (Å²) in [6.07, 6.45) is 4.21. The molecule has 0 atom stereocenters.